The SMILES string of the molecule is COc1cc(/C=C2\C(=O)c3c(O)ccc(F)c3[C@@H]2C)cc(Br)c1O. The topological polar surface area (TPSA) is 66.8 Å². The third kappa shape index (κ3) is 2.47. The standard InChI is InChI=1S/C18H14BrFO4/c1-8-10(5-9-6-11(19)18(23)14(7-9)24-2)17(22)16-13(21)4-3-12(20)15(8)16/h3-8,21,23H,1-2H3/b10-5-/t8-/m1/s1. The minimum Gasteiger partial charge on any atom is -0.507 e. The van der Waals surface area contributed by atoms with Crippen molar-refractivity contribution < 1.29 is 24.1 Å². The number of carbonyl (C=O) groups excluding carboxylic acids is 1. The van der Waals surface area contributed by atoms with Crippen LogP contribution in [0, 0.1) is 5.82 Å². The second-order valence-electron chi connectivity index (χ2n) is 5.56. The van der Waals surface area contributed by atoms with Crippen LogP contribution in [0.2, 0.25) is 0 Å². The van der Waals surface area contributed by atoms with E-state index < -0.39 is 17.5 Å². The van der Waals surface area contributed by atoms with Crippen molar-refractivity contribution in [1.29, 1.82) is 0 Å². The van der Waals surface area contributed by atoms with E-state index in [1.807, 2.05) is 0 Å². The fourth-order valence-electron chi connectivity index (χ4n) is 2.94. The third-order valence-corrected chi connectivity index (χ3v) is 4.76. The third-order valence-electron chi connectivity index (χ3n) is 4.15. The molecule has 1 aliphatic carbocycles. The average molecular weight is 393 g/mol. The van der Waals surface area contributed by atoms with Crippen LogP contribution in [-0.2, 0) is 0 Å². The van der Waals surface area contributed by atoms with E-state index in [4.69, 9.17) is 4.74 Å². The quantitative estimate of drug-likeness (QED) is 0.743. The van der Waals surface area contributed by atoms with Gasteiger partial charge in [-0.1, -0.05) is 6.92 Å². The van der Waals surface area contributed by atoms with Gasteiger partial charge < -0.3 is 14.9 Å². The summed E-state index contributed by atoms with van der Waals surface area (Å²) in [6, 6.07) is 5.54. The van der Waals surface area contributed by atoms with Crippen LogP contribution in [-0.4, -0.2) is 23.1 Å². The number of carbonyl (C=O) groups is 1. The molecule has 0 fully saturated rings. The zero-order valence-electron chi connectivity index (χ0n) is 12.9. The Morgan fingerprint density at radius 2 is 2.00 bits per heavy atom. The van der Waals surface area contributed by atoms with E-state index in [9.17, 15) is 19.4 Å². The van der Waals surface area contributed by atoms with Gasteiger partial charge in [0.15, 0.2) is 17.3 Å². The molecule has 0 heterocycles. The summed E-state index contributed by atoms with van der Waals surface area (Å²) in [5.74, 6) is -1.43. The highest BCUT2D eigenvalue weighted by atomic mass is 79.9. The van der Waals surface area contributed by atoms with Crippen molar-refractivity contribution in [2.75, 3.05) is 7.11 Å². The number of phenols is 2. The van der Waals surface area contributed by atoms with E-state index in [0.29, 0.717) is 15.6 Å². The van der Waals surface area contributed by atoms with Gasteiger partial charge in [-0.15, -0.1) is 0 Å². The molecule has 0 saturated carbocycles. The first kappa shape index (κ1) is 16.5. The Hall–Kier alpha value is -2.34. The number of rotatable bonds is 2. The van der Waals surface area contributed by atoms with Crippen molar-refractivity contribution in [2.24, 2.45) is 0 Å². The van der Waals surface area contributed by atoms with Crippen molar-refractivity contribution in [1.82, 2.24) is 0 Å². The zero-order valence-corrected chi connectivity index (χ0v) is 14.5. The fourth-order valence-corrected chi connectivity index (χ4v) is 3.40. The largest absolute Gasteiger partial charge is 0.507 e. The summed E-state index contributed by atoms with van der Waals surface area (Å²) >= 11 is 3.22. The van der Waals surface area contributed by atoms with Crippen LogP contribution in [0.5, 0.6) is 17.2 Å². The van der Waals surface area contributed by atoms with Crippen LogP contribution in [0.25, 0.3) is 6.08 Å². The van der Waals surface area contributed by atoms with E-state index in [1.54, 1.807) is 25.1 Å². The molecule has 24 heavy (non-hydrogen) atoms. The van der Waals surface area contributed by atoms with Gasteiger partial charge in [0, 0.05) is 17.1 Å². The number of aromatic hydroxyl groups is 2. The van der Waals surface area contributed by atoms with Crippen LogP contribution in [0.3, 0.4) is 0 Å². The second-order valence-corrected chi connectivity index (χ2v) is 6.41. The first-order valence-corrected chi connectivity index (χ1v) is 7.98. The minimum atomic E-state index is -0.517. The van der Waals surface area contributed by atoms with Crippen LogP contribution < -0.4 is 4.74 Å². The molecule has 1 aliphatic rings. The molecule has 4 nitrogen and oxygen atoms in total. The van der Waals surface area contributed by atoms with E-state index in [-0.39, 0.29) is 28.4 Å². The molecular weight excluding hydrogens is 379 g/mol. The van der Waals surface area contributed by atoms with Gasteiger partial charge in [0.1, 0.15) is 11.6 Å². The number of halogens is 2. The summed E-state index contributed by atoms with van der Waals surface area (Å²) in [7, 11) is 1.42. The first-order chi connectivity index (χ1) is 11.3. The molecule has 0 unspecified atom stereocenters. The Balaban J connectivity index is 2.14. The number of ether oxygens (including phenoxy) is 1. The van der Waals surface area contributed by atoms with Gasteiger partial charge in [0.25, 0.3) is 0 Å². The van der Waals surface area contributed by atoms with E-state index in [0.717, 1.165) is 6.07 Å². The average Bonchev–Trinajstić information content (AvgIpc) is 2.80. The van der Waals surface area contributed by atoms with Crippen molar-refractivity contribution in [3.05, 3.63) is 56.8 Å². The van der Waals surface area contributed by atoms with Gasteiger partial charge in [-0.2, -0.15) is 0 Å². The summed E-state index contributed by atoms with van der Waals surface area (Å²) in [6.07, 6.45) is 1.61. The van der Waals surface area contributed by atoms with Gasteiger partial charge in [-0.25, -0.2) is 4.39 Å². The van der Waals surface area contributed by atoms with Gasteiger partial charge in [-0.3, -0.25) is 4.79 Å². The Morgan fingerprint density at radius 1 is 1.29 bits per heavy atom. The molecule has 6 heteroatoms. The molecular formula is C18H14BrFO4. The molecule has 0 amide bonds. The van der Waals surface area contributed by atoms with E-state index >= 15 is 0 Å². The maximum Gasteiger partial charge on any atom is 0.193 e. The molecule has 0 bridgehead atoms. The van der Waals surface area contributed by atoms with Crippen molar-refractivity contribution in [3.8, 4) is 17.2 Å². The highest BCUT2D eigenvalue weighted by Crippen LogP contribution is 2.44. The number of phenolic OH excluding ortho intramolecular Hbond substituents is 2. The summed E-state index contributed by atoms with van der Waals surface area (Å²) in [6.45, 7) is 1.71. The summed E-state index contributed by atoms with van der Waals surface area (Å²) in [5.41, 5.74) is 1.19. The molecule has 0 aromatic heterocycles. The summed E-state index contributed by atoms with van der Waals surface area (Å²) in [4.78, 5) is 12.6. The number of fused-ring (bicyclic) bond motifs is 1. The lowest BCUT2D eigenvalue weighted by atomic mass is 9.97. The van der Waals surface area contributed by atoms with Crippen molar-refractivity contribution in [2.45, 2.75) is 12.8 Å². The molecule has 2 N–H and O–H groups in total. The zero-order chi connectivity index (χ0) is 17.6. The number of hydrogen-bond acceptors (Lipinski definition) is 4. The number of hydrogen-bond donors (Lipinski definition) is 2. The molecule has 0 saturated heterocycles. The number of ketones is 1. The van der Waals surface area contributed by atoms with Gasteiger partial charge >= 0.3 is 0 Å². The maximum atomic E-state index is 14.1. The smallest absolute Gasteiger partial charge is 0.193 e. The van der Waals surface area contributed by atoms with Crippen LogP contribution in [0.1, 0.15) is 34.3 Å². The second kappa shape index (κ2) is 5.94. The molecule has 1 atom stereocenters. The normalized spacial score (nSPS) is 18.1. The summed E-state index contributed by atoms with van der Waals surface area (Å²) < 4.78 is 19.6. The number of benzene rings is 2. The van der Waals surface area contributed by atoms with Crippen molar-refractivity contribution in [3.63, 3.8) is 0 Å². The predicted octanol–water partition coefficient (Wildman–Crippen LogP) is 4.39. The lowest BCUT2D eigenvalue weighted by Gasteiger charge is -2.09. The minimum absolute atomic E-state index is 0.0126. The molecule has 124 valence electrons. The van der Waals surface area contributed by atoms with E-state index in [1.165, 1.54) is 13.2 Å². The number of methoxy groups -OCH3 is 1. The molecule has 3 rings (SSSR count). The molecule has 2 aromatic rings. The van der Waals surface area contributed by atoms with Gasteiger partial charge in [0.2, 0.25) is 0 Å². The Bertz CT molecular complexity index is 889. The Morgan fingerprint density at radius 3 is 2.62 bits per heavy atom. The van der Waals surface area contributed by atoms with Gasteiger partial charge in [0.05, 0.1) is 17.1 Å². The fraction of sp³-hybridized carbons (Fsp3) is 0.167. The lowest BCUT2D eigenvalue weighted by molar-refractivity contribution is 0.103. The predicted molar refractivity (Wildman–Crippen MR) is 91.1 cm³/mol. The highest BCUT2D eigenvalue weighted by molar-refractivity contribution is 9.10. The number of allylic oxidation sites excluding steroid dienone is 1. The molecule has 0 spiro atoms. The lowest BCUT2D eigenvalue weighted by Crippen LogP contribution is -1.98. The van der Waals surface area contributed by atoms with Crippen LogP contribution in [0.4, 0.5) is 4.39 Å². The monoisotopic (exact) mass is 392 g/mol. The van der Waals surface area contributed by atoms with Crippen LogP contribution >= 0.6 is 15.9 Å². The first-order valence-electron chi connectivity index (χ1n) is 7.19. The Kier molecular flexibility index (Phi) is 4.09. The Labute approximate surface area is 146 Å². The number of Topliss-reactive ketones (excluding diaryl/α,β-unsaturated/α-hetero) is 1. The molecule has 0 radical (unpaired) electrons. The molecule has 0 aliphatic heterocycles. The maximum absolute atomic E-state index is 14.1. The van der Waals surface area contributed by atoms with E-state index in [2.05, 4.69) is 15.9 Å². The van der Waals surface area contributed by atoms with Crippen molar-refractivity contribution >= 4 is 27.8 Å². The summed E-state index contributed by atoms with van der Waals surface area (Å²) in [5, 5.41) is 19.8. The molecule has 2 aromatic carbocycles. The highest BCUT2D eigenvalue weighted by Gasteiger charge is 2.36. The van der Waals surface area contributed by atoms with Gasteiger partial charge in [-0.05, 0) is 51.8 Å². The van der Waals surface area contributed by atoms with Crippen LogP contribution in [0.15, 0.2) is 34.3 Å².